The largest absolute Gasteiger partial charge is 0.530 e. The average Bonchev–Trinajstić information content (AvgIpc) is 0.912. The number of anilines is 3. The van der Waals surface area contributed by atoms with Crippen LogP contribution in [0.1, 0.15) is 96.7 Å². The molecule has 8 aromatic rings. The molecule has 6 aliphatic rings. The maximum atomic E-state index is 15.5. The predicted octanol–water partition coefficient (Wildman–Crippen LogP) is 13.5. The number of nitrogens with zero attached hydrogens (tertiary/aromatic N) is 3. The predicted molar refractivity (Wildman–Crippen MR) is 341 cm³/mol. The maximum absolute atomic E-state index is 15.5. The van der Waals surface area contributed by atoms with E-state index < -0.39 is 54.6 Å². The third-order valence-electron chi connectivity index (χ3n) is 18.7. The third kappa shape index (κ3) is 10.1. The first-order chi connectivity index (χ1) is 42.5. The summed E-state index contributed by atoms with van der Waals surface area (Å²) in [5.74, 6) is -2.39. The number of primary amides is 1. The van der Waals surface area contributed by atoms with Gasteiger partial charge in [0.15, 0.2) is 5.75 Å². The van der Waals surface area contributed by atoms with Crippen LogP contribution in [0.5, 0.6) is 5.75 Å². The minimum Gasteiger partial charge on any atom is -0.449 e. The van der Waals surface area contributed by atoms with Crippen LogP contribution in [0.25, 0.3) is 32.8 Å². The highest BCUT2D eigenvalue weighted by Crippen LogP contribution is 2.75. The van der Waals surface area contributed by atoms with Crippen molar-refractivity contribution in [3.63, 3.8) is 0 Å². The SMILES string of the molecule is Cc1c[nH]c2c(OP(=O)(OCc3ccccc3)OCc3ccccc3)cc3c(c12)[C@H](CCl)CN3C(=O)C12CC(C(=O)N3C[C@@H](CCl)c4c3cc(N(C(=O)[C@@H](NC(=O)OCC3c5ccccc5-c5ccccc53)C(C)C)[C@@H](C)C(N)=O)c3ccccc43)(C1)C2. The highest BCUT2D eigenvalue weighted by Gasteiger charge is 2.76. The van der Waals surface area contributed by atoms with E-state index in [9.17, 15) is 14.2 Å². The lowest BCUT2D eigenvalue weighted by molar-refractivity contribution is -0.205. The van der Waals surface area contributed by atoms with Gasteiger partial charge in [-0.05, 0) is 101 Å². The highest BCUT2D eigenvalue weighted by atomic mass is 35.5. The van der Waals surface area contributed by atoms with E-state index in [2.05, 4.69) is 22.4 Å². The number of hydrogen-bond donors (Lipinski definition) is 3. The number of nitrogens with one attached hydrogen (secondary N) is 2. The number of amides is 5. The van der Waals surface area contributed by atoms with Crippen LogP contribution >= 0.6 is 31.0 Å². The highest BCUT2D eigenvalue weighted by molar-refractivity contribution is 7.48. The van der Waals surface area contributed by atoms with Crippen molar-refractivity contribution < 1.29 is 46.8 Å². The zero-order chi connectivity index (χ0) is 61.4. The standard InChI is InChI=1S/C69H67Cl2N6O10P/c1-40(2)61(74-67(82)84-36-53-49-23-13-11-21-47(49)48-22-12-14-24-50(48)53)64(79)77(42(4)63(72)78)54-27-55-59(52-26-16-15-25-51(52)54)45(29-70)32-75(55)65(80)68-37-69(38-68,39-68)66(81)76-33-46(30-71)60-56(76)28-57(62-58(60)41(3)31-73-62)87-88(83,85-34-43-17-7-5-8-18-43)86-35-44-19-9-6-10-20-44/h5-28,31,40,42,45-46,53,61,73H,29-30,32-39H2,1-4H3,(H2,72,78)(H,74,82)/t42-,45+,46+,61-,68?,69?/m0/s1. The Hall–Kier alpha value is -7.98. The molecule has 14 rings (SSSR count). The Bertz CT molecular complexity index is 4050. The number of alkyl halides is 2. The second-order valence-electron chi connectivity index (χ2n) is 24.6. The Morgan fingerprint density at radius 1 is 0.705 bits per heavy atom. The lowest BCUT2D eigenvalue weighted by Crippen LogP contribution is -2.73. The van der Waals surface area contributed by atoms with Crippen molar-refractivity contribution in [2.45, 2.75) is 90.0 Å². The van der Waals surface area contributed by atoms with Crippen molar-refractivity contribution in [2.75, 3.05) is 46.2 Å². The molecule has 4 atom stereocenters. The van der Waals surface area contributed by atoms with Crippen LogP contribution in [0.3, 0.4) is 0 Å². The number of aromatic nitrogens is 1. The number of fused-ring (bicyclic) bond motifs is 9. The lowest BCUT2D eigenvalue weighted by atomic mass is 9.34. The molecule has 1 aromatic heterocycles. The van der Waals surface area contributed by atoms with Crippen molar-refractivity contribution >= 4 is 99.5 Å². The van der Waals surface area contributed by atoms with Crippen molar-refractivity contribution in [3.05, 3.63) is 191 Å². The van der Waals surface area contributed by atoms with Crippen LogP contribution in [-0.2, 0) is 50.7 Å². The molecule has 7 aromatic carbocycles. The number of alkyl carbamates (subject to hydrolysis) is 1. The fraction of sp³-hybridized carbons (Fsp3) is 0.319. The smallest absolute Gasteiger partial charge is 0.449 e. The molecule has 5 amide bonds. The molecule has 19 heteroatoms. The molecule has 0 spiro atoms. The molecule has 0 radical (unpaired) electrons. The summed E-state index contributed by atoms with van der Waals surface area (Å²) in [6.45, 7) is 7.52. The van der Waals surface area contributed by atoms with E-state index in [1.807, 2.05) is 134 Å². The van der Waals surface area contributed by atoms with Crippen molar-refractivity contribution in [1.82, 2.24) is 10.3 Å². The number of phosphoric ester groups is 1. The molecule has 16 nitrogen and oxygen atoms in total. The van der Waals surface area contributed by atoms with Gasteiger partial charge in [0.1, 0.15) is 18.7 Å². The number of ether oxygens (including phenoxy) is 1. The fourth-order valence-electron chi connectivity index (χ4n) is 14.4. The van der Waals surface area contributed by atoms with Crippen LogP contribution in [-0.4, -0.2) is 78.2 Å². The van der Waals surface area contributed by atoms with E-state index >= 15 is 14.4 Å². The molecule has 3 heterocycles. The average molecular weight is 1240 g/mol. The summed E-state index contributed by atoms with van der Waals surface area (Å²) in [5.41, 5.74) is 14.6. The van der Waals surface area contributed by atoms with Gasteiger partial charge >= 0.3 is 13.9 Å². The molecule has 452 valence electrons. The molecule has 4 aliphatic carbocycles. The Morgan fingerprint density at radius 3 is 1.76 bits per heavy atom. The molecule has 3 saturated carbocycles. The molecule has 88 heavy (non-hydrogen) atoms. The number of aromatic amines is 1. The van der Waals surface area contributed by atoms with Gasteiger partial charge in [-0.2, -0.15) is 0 Å². The quantitative estimate of drug-likeness (QED) is 0.0487. The second kappa shape index (κ2) is 23.2. The summed E-state index contributed by atoms with van der Waals surface area (Å²) in [4.78, 5) is 81.7. The number of rotatable bonds is 20. The monoisotopic (exact) mass is 1240 g/mol. The molecule has 4 N–H and O–H groups in total. The summed E-state index contributed by atoms with van der Waals surface area (Å²) in [5, 5.41) is 4.99. The van der Waals surface area contributed by atoms with E-state index in [1.54, 1.807) is 42.7 Å². The second-order valence-corrected chi connectivity index (χ2v) is 26.8. The van der Waals surface area contributed by atoms with E-state index in [-0.39, 0.29) is 80.0 Å². The number of phosphoric acid groups is 1. The summed E-state index contributed by atoms with van der Waals surface area (Å²) < 4.78 is 39.4. The van der Waals surface area contributed by atoms with Crippen LogP contribution in [0, 0.1) is 23.7 Å². The first kappa shape index (κ1) is 59.0. The Labute approximate surface area is 520 Å². The molecular weight excluding hydrogens is 1170 g/mol. The minimum absolute atomic E-state index is 0.0237. The Balaban J connectivity index is 0.772. The van der Waals surface area contributed by atoms with E-state index in [4.69, 9.17) is 47.2 Å². The zero-order valence-electron chi connectivity index (χ0n) is 49.2. The van der Waals surface area contributed by atoms with Crippen molar-refractivity contribution in [3.8, 4) is 16.9 Å². The van der Waals surface area contributed by atoms with Crippen molar-refractivity contribution in [2.24, 2.45) is 22.5 Å². The zero-order valence-corrected chi connectivity index (χ0v) is 51.6. The van der Waals surface area contributed by atoms with E-state index in [0.29, 0.717) is 47.2 Å². The number of hydrogen-bond acceptors (Lipinski definition) is 10. The molecule has 0 unspecified atom stereocenters. The molecule has 2 bridgehead atoms. The van der Waals surface area contributed by atoms with E-state index in [0.717, 1.165) is 60.8 Å². The fourth-order valence-corrected chi connectivity index (χ4v) is 16.1. The molecule has 3 fully saturated rings. The maximum Gasteiger partial charge on any atom is 0.530 e. The molecule has 0 saturated heterocycles. The van der Waals surface area contributed by atoms with Crippen LogP contribution in [0.4, 0.5) is 21.9 Å². The summed E-state index contributed by atoms with van der Waals surface area (Å²) >= 11 is 13.6. The number of benzene rings is 7. The van der Waals surface area contributed by atoms with Crippen LogP contribution < -0.4 is 30.3 Å². The number of nitrogens with two attached hydrogens (primary N) is 1. The third-order valence-corrected chi connectivity index (χ3v) is 20.8. The van der Waals surface area contributed by atoms with Gasteiger partial charge in [0.25, 0.3) is 5.91 Å². The van der Waals surface area contributed by atoms with Gasteiger partial charge in [0.2, 0.25) is 17.7 Å². The van der Waals surface area contributed by atoms with Crippen molar-refractivity contribution in [1.29, 1.82) is 0 Å². The van der Waals surface area contributed by atoms with Crippen LogP contribution in [0.2, 0.25) is 0 Å². The van der Waals surface area contributed by atoms with Gasteiger partial charge in [-0.25, -0.2) is 9.36 Å². The lowest BCUT2D eigenvalue weighted by Gasteiger charge is -2.69. The van der Waals surface area contributed by atoms with Gasteiger partial charge in [0.05, 0.1) is 40.9 Å². The number of H-pyrrole nitrogens is 1. The molecule has 2 aliphatic heterocycles. The first-order valence-corrected chi connectivity index (χ1v) is 32.4. The van der Waals surface area contributed by atoms with Gasteiger partial charge in [0, 0.05) is 71.3 Å². The molecular formula is C69H67Cl2N6O10P. The number of aryl methyl sites for hydroxylation is 1. The number of halogens is 2. The van der Waals surface area contributed by atoms with Gasteiger partial charge in [-0.15, -0.1) is 23.2 Å². The number of carbonyl (C=O) groups excluding carboxylic acids is 5. The Kier molecular flexibility index (Phi) is 15.5. The summed E-state index contributed by atoms with van der Waals surface area (Å²) in [6, 6.07) is 43.2. The topological polar surface area (TPSA) is 203 Å². The normalized spacial score (nSPS) is 20.4. The number of carbonyl (C=O) groups is 5. The summed E-state index contributed by atoms with van der Waals surface area (Å²) in [6.07, 6.45) is 1.91. The van der Waals surface area contributed by atoms with Crippen LogP contribution in [0.15, 0.2) is 152 Å². The first-order valence-electron chi connectivity index (χ1n) is 29.8. The van der Waals surface area contributed by atoms with Gasteiger partial charge < -0.3 is 35.1 Å². The Morgan fingerprint density at radius 2 is 1.22 bits per heavy atom. The van der Waals surface area contributed by atoms with E-state index in [1.165, 1.54) is 4.90 Å². The minimum atomic E-state index is -4.37. The van der Waals surface area contributed by atoms with Gasteiger partial charge in [-0.1, -0.05) is 147 Å². The summed E-state index contributed by atoms with van der Waals surface area (Å²) in [7, 11) is -4.37. The van der Waals surface area contributed by atoms with Gasteiger partial charge in [-0.3, -0.25) is 33.1 Å².